The first-order valence-electron chi connectivity index (χ1n) is 16.3. The van der Waals surface area contributed by atoms with E-state index in [-0.39, 0.29) is 34.4 Å². The van der Waals surface area contributed by atoms with Gasteiger partial charge in [0.2, 0.25) is 0 Å². The van der Waals surface area contributed by atoms with Crippen molar-refractivity contribution in [2.45, 2.75) is 5.92 Å². The molecule has 0 aromatic heterocycles. The van der Waals surface area contributed by atoms with Crippen LogP contribution in [0.15, 0.2) is 206 Å². The molecule has 5 heteroatoms. The first-order valence-corrected chi connectivity index (χ1v) is 19.4. The predicted molar refractivity (Wildman–Crippen MR) is 212 cm³/mol. The molecule has 2 nitrogen and oxygen atoms in total. The second kappa shape index (κ2) is 24.0. The molecule has 1 aliphatic carbocycles. The van der Waals surface area contributed by atoms with Crippen LogP contribution >= 0.6 is 15.8 Å². The molecule has 6 aromatic rings. The fourth-order valence-corrected chi connectivity index (χ4v) is 11.3. The maximum absolute atomic E-state index is 7.50. The van der Waals surface area contributed by atoms with Gasteiger partial charge in [0.05, 0.1) is 0 Å². The minimum atomic E-state index is -0.348. The molecule has 0 saturated heterocycles. The maximum atomic E-state index is 7.50. The SMILES string of the molecule is [C-]#[O+].[C-]#[O+].[CH]1C=CC=C1C(c1ccccc1)c1ccccc1.[V].c1ccc(P(CCP(c2ccccc2)c2ccccc2)c2ccccc2)cc1. The van der Waals surface area contributed by atoms with Gasteiger partial charge in [-0.25, -0.2) is 0 Å². The van der Waals surface area contributed by atoms with Gasteiger partial charge in [0, 0.05) is 30.9 Å². The Morgan fingerprint density at radius 3 is 0.922 bits per heavy atom. The average Bonchev–Trinajstić information content (AvgIpc) is 3.75. The Morgan fingerprint density at radius 2 is 0.667 bits per heavy atom. The van der Waals surface area contributed by atoms with E-state index in [9.17, 15) is 0 Å². The van der Waals surface area contributed by atoms with Crippen LogP contribution in [0.25, 0.3) is 0 Å². The van der Waals surface area contributed by atoms with Gasteiger partial charge in [-0.15, -0.1) is 0 Å². The van der Waals surface area contributed by atoms with Crippen molar-refractivity contribution in [3.63, 3.8) is 0 Å². The van der Waals surface area contributed by atoms with Crippen molar-refractivity contribution in [3.05, 3.63) is 237 Å². The molecule has 0 saturated carbocycles. The predicted octanol–water partition coefficient (Wildman–Crippen LogP) is 9.69. The van der Waals surface area contributed by atoms with Crippen LogP contribution in [-0.4, -0.2) is 12.3 Å². The molecule has 0 unspecified atom stereocenters. The zero-order valence-corrected chi connectivity index (χ0v) is 31.5. The van der Waals surface area contributed by atoms with Gasteiger partial charge in [-0.2, -0.15) is 0 Å². The van der Waals surface area contributed by atoms with E-state index >= 15 is 0 Å². The van der Waals surface area contributed by atoms with Crippen molar-refractivity contribution in [2.24, 2.45) is 0 Å². The van der Waals surface area contributed by atoms with Crippen LogP contribution in [0.5, 0.6) is 0 Å². The van der Waals surface area contributed by atoms with E-state index in [2.05, 4.69) is 220 Å². The minimum Gasteiger partial charge on any atom is -0.0764 e. The molecule has 0 heterocycles. The summed E-state index contributed by atoms with van der Waals surface area (Å²) < 4.78 is 15.0. The van der Waals surface area contributed by atoms with Gasteiger partial charge in [0.1, 0.15) is 0 Å². The number of allylic oxidation sites excluding steroid dienone is 4. The molecule has 2 radical (unpaired) electrons. The van der Waals surface area contributed by atoms with Gasteiger partial charge in [-0.05, 0) is 60.5 Å². The molecule has 0 amide bonds. The fraction of sp³-hybridized carbons (Fsp3) is 0.0652. The summed E-state index contributed by atoms with van der Waals surface area (Å²) in [5.41, 5.74) is 4.04. The fourth-order valence-electron chi connectivity index (χ4n) is 5.90. The first-order chi connectivity index (χ1) is 24.9. The van der Waals surface area contributed by atoms with Crippen LogP contribution in [0, 0.1) is 19.7 Å². The van der Waals surface area contributed by atoms with Crippen LogP contribution in [0.2, 0.25) is 0 Å². The van der Waals surface area contributed by atoms with E-state index in [1.165, 1.54) is 50.2 Å². The summed E-state index contributed by atoms with van der Waals surface area (Å²) in [7, 11) is -0.696. The minimum absolute atomic E-state index is 0. The van der Waals surface area contributed by atoms with E-state index in [0.29, 0.717) is 5.92 Å². The molecule has 250 valence electrons. The maximum Gasteiger partial charge on any atom is 0.0308 e. The zero-order chi connectivity index (χ0) is 35.2. The van der Waals surface area contributed by atoms with Crippen molar-refractivity contribution in [1.82, 2.24) is 0 Å². The van der Waals surface area contributed by atoms with Crippen molar-refractivity contribution in [3.8, 4) is 0 Å². The van der Waals surface area contributed by atoms with Gasteiger partial charge in [0.15, 0.2) is 0 Å². The van der Waals surface area contributed by atoms with E-state index in [1.807, 2.05) is 0 Å². The van der Waals surface area contributed by atoms with Crippen molar-refractivity contribution in [1.29, 1.82) is 0 Å². The summed E-state index contributed by atoms with van der Waals surface area (Å²) in [6.07, 6.45) is 11.0. The van der Waals surface area contributed by atoms with Crippen LogP contribution in [0.3, 0.4) is 0 Å². The van der Waals surface area contributed by atoms with Gasteiger partial charge < -0.3 is 0 Å². The Kier molecular flexibility index (Phi) is 19.4. The summed E-state index contributed by atoms with van der Waals surface area (Å²) in [6.45, 7) is 9.00. The van der Waals surface area contributed by atoms with Crippen LogP contribution in [0.1, 0.15) is 17.0 Å². The molecule has 0 fully saturated rings. The van der Waals surface area contributed by atoms with E-state index in [4.69, 9.17) is 9.30 Å². The number of hydrogen-bond acceptors (Lipinski definition) is 0. The standard InChI is InChI=1S/C26H24P2.C18H15.2CO.V/c1-5-13-23(14-6-1)27(24-15-7-2-8-16-24)21-22-28(25-17-9-3-10-18-25)26-19-11-4-12-20-26;1-3-9-15(10-4-1)18(17-13-7-8-14-17)16-11-5-2-6-12-16;2*1-2;/h1-20H,21-22H2;1-14,18H;;;. The average molecular weight is 737 g/mol. The normalized spacial score (nSPS) is 11.1. The summed E-state index contributed by atoms with van der Waals surface area (Å²) >= 11 is 0. The zero-order valence-electron chi connectivity index (χ0n) is 28.3. The Balaban J connectivity index is 0.000000264. The summed E-state index contributed by atoms with van der Waals surface area (Å²) in [4.78, 5) is 0. The monoisotopic (exact) mass is 736 g/mol. The third-order valence-electron chi connectivity index (χ3n) is 8.11. The topological polar surface area (TPSA) is 39.8 Å². The molecule has 1 aliphatic rings. The molecule has 0 atom stereocenters. The molecule has 0 spiro atoms. The van der Waals surface area contributed by atoms with Gasteiger partial charge in [-0.3, -0.25) is 0 Å². The molecule has 0 aliphatic heterocycles. The van der Waals surface area contributed by atoms with E-state index in [0.717, 1.165) is 0 Å². The Hall–Kier alpha value is -4.28. The van der Waals surface area contributed by atoms with Gasteiger partial charge in [0.25, 0.3) is 0 Å². The quantitative estimate of drug-likeness (QED) is 0.0764. The van der Waals surface area contributed by atoms with Crippen molar-refractivity contribution in [2.75, 3.05) is 12.3 Å². The van der Waals surface area contributed by atoms with E-state index in [1.54, 1.807) is 0 Å². The second-order valence-corrected chi connectivity index (χ2v) is 15.8. The Labute approximate surface area is 318 Å². The van der Waals surface area contributed by atoms with Gasteiger partial charge in [-0.1, -0.05) is 206 Å². The Bertz CT molecular complexity index is 1690. The third kappa shape index (κ3) is 12.5. The Morgan fingerprint density at radius 1 is 0.392 bits per heavy atom. The molecular formula is C46H39O2P2V. The van der Waals surface area contributed by atoms with Crippen LogP contribution in [-0.2, 0) is 27.9 Å². The molecule has 0 bridgehead atoms. The third-order valence-corrected chi connectivity index (χ3v) is 13.5. The molecule has 51 heavy (non-hydrogen) atoms. The van der Waals surface area contributed by atoms with Crippen molar-refractivity contribution >= 4 is 37.1 Å². The van der Waals surface area contributed by atoms with E-state index < -0.39 is 0 Å². The smallest absolute Gasteiger partial charge is 0.0308 e. The van der Waals surface area contributed by atoms with Crippen molar-refractivity contribution < 1.29 is 27.9 Å². The van der Waals surface area contributed by atoms with Gasteiger partial charge >= 0.3 is 22.6 Å². The molecule has 6 aromatic carbocycles. The van der Waals surface area contributed by atoms with Crippen LogP contribution in [0.4, 0.5) is 0 Å². The number of hydrogen-bond donors (Lipinski definition) is 0. The molecule has 0 N–H and O–H groups in total. The largest absolute Gasteiger partial charge is 0.0764 e. The first kappa shape index (κ1) is 41.1. The number of benzene rings is 6. The summed E-state index contributed by atoms with van der Waals surface area (Å²) in [6, 6.07) is 65.6. The summed E-state index contributed by atoms with van der Waals surface area (Å²) in [5, 5.41) is 5.89. The molecule has 7 rings (SSSR count). The second-order valence-electron chi connectivity index (χ2n) is 11.1. The van der Waals surface area contributed by atoms with Crippen LogP contribution < -0.4 is 21.2 Å². The summed E-state index contributed by atoms with van der Waals surface area (Å²) in [5.74, 6) is 0.336. The number of rotatable bonds is 10. The molecular weight excluding hydrogens is 697 g/mol.